The van der Waals surface area contributed by atoms with E-state index in [2.05, 4.69) is 39.3 Å². The smallest absolute Gasteiger partial charge is 0.283 e. The normalized spacial score (nSPS) is 18.6. The predicted octanol–water partition coefficient (Wildman–Crippen LogP) is 3.51. The van der Waals surface area contributed by atoms with Crippen LogP contribution in [0.15, 0.2) is 29.3 Å². The first-order valence-electron chi connectivity index (χ1n) is 10.8. The fraction of sp³-hybridized carbons (Fsp3) is 0.522. The lowest BCUT2D eigenvalue weighted by Gasteiger charge is -2.59. The maximum absolute atomic E-state index is 11.5. The van der Waals surface area contributed by atoms with E-state index in [1.165, 1.54) is 54.4 Å². The van der Waals surface area contributed by atoms with Crippen molar-refractivity contribution in [2.75, 3.05) is 19.6 Å². The molecule has 1 aliphatic heterocycles. The molecule has 0 unspecified atom stereocenters. The SMILES string of the molecule is Cc1c(CC2CC3(C2)CN(CCCc2cn[nH]c(=O)c2Cl)C3)ccc2cnn(C)c12. The highest BCUT2D eigenvalue weighted by molar-refractivity contribution is 6.31. The molecule has 2 fully saturated rings. The molecule has 7 heteroatoms. The zero-order chi connectivity index (χ0) is 20.9. The zero-order valence-corrected chi connectivity index (χ0v) is 18.4. The average molecular weight is 426 g/mol. The summed E-state index contributed by atoms with van der Waals surface area (Å²) in [7, 11) is 2.03. The van der Waals surface area contributed by atoms with Crippen molar-refractivity contribution in [1.82, 2.24) is 24.9 Å². The van der Waals surface area contributed by atoms with Gasteiger partial charge < -0.3 is 4.90 Å². The van der Waals surface area contributed by atoms with E-state index in [1.807, 2.05) is 17.9 Å². The van der Waals surface area contributed by atoms with Crippen molar-refractivity contribution in [3.63, 3.8) is 0 Å². The van der Waals surface area contributed by atoms with Crippen molar-refractivity contribution in [3.8, 4) is 0 Å². The third-order valence-electron chi connectivity index (χ3n) is 7.13. The zero-order valence-electron chi connectivity index (χ0n) is 17.6. The Bertz CT molecular complexity index is 1140. The van der Waals surface area contributed by atoms with E-state index in [-0.39, 0.29) is 10.6 Å². The van der Waals surface area contributed by atoms with Gasteiger partial charge in [-0.3, -0.25) is 9.48 Å². The van der Waals surface area contributed by atoms with Crippen LogP contribution in [0.5, 0.6) is 0 Å². The molecule has 1 aliphatic carbocycles. The van der Waals surface area contributed by atoms with Crippen LogP contribution >= 0.6 is 11.6 Å². The van der Waals surface area contributed by atoms with E-state index >= 15 is 0 Å². The second-order valence-electron chi connectivity index (χ2n) is 9.39. The molecule has 1 saturated heterocycles. The van der Waals surface area contributed by atoms with Crippen LogP contribution in [0.4, 0.5) is 0 Å². The van der Waals surface area contributed by atoms with E-state index in [0.717, 1.165) is 30.9 Å². The molecule has 6 nitrogen and oxygen atoms in total. The number of H-pyrrole nitrogens is 1. The molecule has 30 heavy (non-hydrogen) atoms. The van der Waals surface area contributed by atoms with Gasteiger partial charge in [0.1, 0.15) is 5.02 Å². The Labute approximate surface area is 181 Å². The number of aromatic amines is 1. The van der Waals surface area contributed by atoms with Gasteiger partial charge in [0, 0.05) is 25.5 Å². The van der Waals surface area contributed by atoms with E-state index in [9.17, 15) is 4.79 Å². The highest BCUT2D eigenvalue weighted by Crippen LogP contribution is 2.53. The third kappa shape index (κ3) is 3.46. The van der Waals surface area contributed by atoms with Crippen molar-refractivity contribution in [3.05, 3.63) is 56.6 Å². The van der Waals surface area contributed by atoms with Gasteiger partial charge in [-0.1, -0.05) is 23.7 Å². The Morgan fingerprint density at radius 3 is 2.83 bits per heavy atom. The van der Waals surface area contributed by atoms with Gasteiger partial charge >= 0.3 is 0 Å². The van der Waals surface area contributed by atoms with Gasteiger partial charge in [-0.15, -0.1) is 0 Å². The quantitative estimate of drug-likeness (QED) is 0.656. The molecule has 0 bridgehead atoms. The molecule has 1 saturated carbocycles. The molecule has 2 aliphatic rings. The van der Waals surface area contributed by atoms with Gasteiger partial charge in [0.15, 0.2) is 0 Å². The molecule has 158 valence electrons. The Morgan fingerprint density at radius 1 is 1.23 bits per heavy atom. The predicted molar refractivity (Wildman–Crippen MR) is 119 cm³/mol. The minimum atomic E-state index is -0.296. The molecular formula is C23H28ClN5O. The highest BCUT2D eigenvalue weighted by Gasteiger charge is 2.51. The summed E-state index contributed by atoms with van der Waals surface area (Å²) in [5.41, 5.74) is 5.24. The molecule has 1 spiro atoms. The number of likely N-dealkylation sites (tertiary alicyclic amines) is 1. The van der Waals surface area contributed by atoms with E-state index in [1.54, 1.807) is 6.20 Å². The van der Waals surface area contributed by atoms with Gasteiger partial charge in [-0.25, -0.2) is 5.10 Å². The average Bonchev–Trinajstić information content (AvgIpc) is 3.04. The Hall–Kier alpha value is -2.18. The van der Waals surface area contributed by atoms with Crippen molar-refractivity contribution in [2.24, 2.45) is 18.4 Å². The van der Waals surface area contributed by atoms with Crippen LogP contribution in [0, 0.1) is 18.3 Å². The molecule has 0 radical (unpaired) electrons. The van der Waals surface area contributed by atoms with Crippen molar-refractivity contribution in [1.29, 1.82) is 0 Å². The van der Waals surface area contributed by atoms with Crippen LogP contribution in [0.25, 0.3) is 10.9 Å². The van der Waals surface area contributed by atoms with Crippen molar-refractivity contribution < 1.29 is 0 Å². The number of rotatable bonds is 6. The first-order chi connectivity index (χ1) is 14.4. The lowest BCUT2D eigenvalue weighted by atomic mass is 9.56. The van der Waals surface area contributed by atoms with Crippen molar-refractivity contribution in [2.45, 2.75) is 39.0 Å². The van der Waals surface area contributed by atoms with Gasteiger partial charge in [-0.05, 0) is 73.6 Å². The second-order valence-corrected chi connectivity index (χ2v) is 9.76. The third-order valence-corrected chi connectivity index (χ3v) is 7.54. The fourth-order valence-corrected chi connectivity index (χ4v) is 5.94. The molecule has 2 aromatic heterocycles. The Morgan fingerprint density at radius 2 is 2.03 bits per heavy atom. The molecule has 1 N–H and O–H groups in total. The number of aromatic nitrogens is 4. The summed E-state index contributed by atoms with van der Waals surface area (Å²) in [5, 5.41) is 12.1. The molecule has 0 amide bonds. The number of halogens is 1. The van der Waals surface area contributed by atoms with E-state index in [4.69, 9.17) is 11.6 Å². The summed E-state index contributed by atoms with van der Waals surface area (Å²) in [6.45, 7) is 5.72. The van der Waals surface area contributed by atoms with Crippen LogP contribution in [-0.2, 0) is 19.9 Å². The first kappa shape index (κ1) is 19.8. The lowest BCUT2D eigenvalue weighted by molar-refractivity contribution is -0.0937. The molecule has 3 heterocycles. The number of benzene rings is 1. The minimum Gasteiger partial charge on any atom is -0.302 e. The van der Waals surface area contributed by atoms with Crippen LogP contribution in [-0.4, -0.2) is 44.5 Å². The summed E-state index contributed by atoms with van der Waals surface area (Å²) in [6, 6.07) is 4.51. The number of nitrogens with one attached hydrogen (secondary N) is 1. The number of nitrogens with zero attached hydrogens (tertiary/aromatic N) is 4. The van der Waals surface area contributed by atoms with E-state index in [0.29, 0.717) is 5.41 Å². The van der Waals surface area contributed by atoms with Gasteiger partial charge in [0.05, 0.1) is 17.9 Å². The van der Waals surface area contributed by atoms with Gasteiger partial charge in [-0.2, -0.15) is 10.2 Å². The summed E-state index contributed by atoms with van der Waals surface area (Å²) >= 11 is 6.06. The van der Waals surface area contributed by atoms with Crippen LogP contribution in [0.2, 0.25) is 5.02 Å². The standard InChI is InChI=1S/C23H28ClN5O/c1-15-17(5-6-19-12-26-28(2)21(15)19)8-16-9-23(10-16)13-29(14-23)7-3-4-18-11-25-27-22(30)20(18)24/h5-6,11-12,16H,3-4,7-10,13-14H2,1-2H3,(H,27,30). The fourth-order valence-electron chi connectivity index (χ4n) is 5.75. The number of hydrogen-bond donors (Lipinski definition) is 1. The summed E-state index contributed by atoms with van der Waals surface area (Å²) in [4.78, 5) is 14.1. The Kier molecular flexibility index (Phi) is 4.94. The molecule has 1 aromatic carbocycles. The van der Waals surface area contributed by atoms with Crippen LogP contribution in [0.1, 0.15) is 36.0 Å². The van der Waals surface area contributed by atoms with Crippen molar-refractivity contribution >= 4 is 22.5 Å². The monoisotopic (exact) mass is 425 g/mol. The molecular weight excluding hydrogens is 398 g/mol. The van der Waals surface area contributed by atoms with Crippen LogP contribution in [0.3, 0.4) is 0 Å². The molecule has 3 aromatic rings. The maximum atomic E-state index is 11.5. The highest BCUT2D eigenvalue weighted by atomic mass is 35.5. The lowest BCUT2D eigenvalue weighted by Crippen LogP contribution is -2.62. The number of fused-ring (bicyclic) bond motifs is 1. The summed E-state index contributed by atoms with van der Waals surface area (Å²) < 4.78 is 2.00. The van der Waals surface area contributed by atoms with Gasteiger partial charge in [0.25, 0.3) is 5.56 Å². The van der Waals surface area contributed by atoms with E-state index < -0.39 is 0 Å². The first-order valence-corrected chi connectivity index (χ1v) is 11.2. The topological polar surface area (TPSA) is 66.8 Å². The minimum absolute atomic E-state index is 0.284. The summed E-state index contributed by atoms with van der Waals surface area (Å²) in [5.74, 6) is 0.803. The van der Waals surface area contributed by atoms with Crippen LogP contribution < -0.4 is 5.56 Å². The summed E-state index contributed by atoms with van der Waals surface area (Å²) in [6.07, 6.45) is 9.30. The molecule has 0 atom stereocenters. The Balaban J connectivity index is 1.09. The second kappa shape index (κ2) is 7.50. The number of hydrogen-bond acceptors (Lipinski definition) is 4. The maximum Gasteiger partial charge on any atom is 0.283 e. The largest absolute Gasteiger partial charge is 0.302 e. The number of aryl methyl sites for hydroxylation is 3. The molecule has 5 rings (SSSR count). The van der Waals surface area contributed by atoms with Gasteiger partial charge in [0.2, 0.25) is 0 Å².